The second kappa shape index (κ2) is 18.3. The van der Waals surface area contributed by atoms with Gasteiger partial charge in [-0.05, 0) is 106 Å². The Labute approximate surface area is 414 Å². The SMILES string of the molecule is C[Si](C)(C)c1ccc(-c2[c-]cc(F)cc2)nc1.[2H]C([2H])([2H])c1cccc2nc(-c3[c-]ccc4c3oc3cc5c(cc34)oc3cc(C#N)ccc35)n(-c3c(C(C)C)cc(-c4ccccc4)cc3C(C)C)c12.[Ir]. The molecule has 0 N–H and O–H groups in total. The van der Waals surface area contributed by atoms with Crippen LogP contribution >= 0.6 is 0 Å². The normalized spacial score (nSPS) is 12.6. The number of halogens is 1. The summed E-state index contributed by atoms with van der Waals surface area (Å²) in [7, 11) is -1.30. The fourth-order valence-electron chi connectivity index (χ4n) is 8.94. The molecule has 0 bridgehead atoms. The molecule has 0 aliphatic carbocycles. The van der Waals surface area contributed by atoms with Crippen molar-refractivity contribution in [3.63, 3.8) is 0 Å². The summed E-state index contributed by atoms with van der Waals surface area (Å²) >= 11 is 0. The largest absolute Gasteiger partial charge is 0.501 e. The van der Waals surface area contributed by atoms with E-state index in [9.17, 15) is 9.65 Å². The van der Waals surface area contributed by atoms with E-state index in [0.717, 1.165) is 60.7 Å². The first-order valence-electron chi connectivity index (χ1n) is 24.0. The molecule has 11 aromatic rings. The van der Waals surface area contributed by atoms with Crippen LogP contribution < -0.4 is 5.19 Å². The molecule has 0 aliphatic rings. The summed E-state index contributed by atoms with van der Waals surface area (Å²) < 4.78 is 53.7. The molecule has 0 fully saturated rings. The zero-order valence-corrected chi connectivity index (χ0v) is 42.1. The molecule has 0 unspecified atom stereocenters. The van der Waals surface area contributed by atoms with E-state index in [0.29, 0.717) is 50.3 Å². The number of rotatable bonds is 7. The van der Waals surface area contributed by atoms with E-state index in [1.54, 1.807) is 30.3 Å². The third-order valence-electron chi connectivity index (χ3n) is 12.5. The fraction of sp³-hybridized carbons (Fsp3) is 0.169. The van der Waals surface area contributed by atoms with Gasteiger partial charge in [-0.25, -0.2) is 0 Å². The molecule has 0 amide bonds. The van der Waals surface area contributed by atoms with Gasteiger partial charge >= 0.3 is 0 Å². The summed E-state index contributed by atoms with van der Waals surface area (Å²) in [5, 5.41) is 14.3. The molecule has 1 radical (unpaired) electrons. The van der Waals surface area contributed by atoms with Gasteiger partial charge in [0.05, 0.1) is 42.1 Å². The van der Waals surface area contributed by atoms with Crippen LogP contribution in [0.4, 0.5) is 4.39 Å². The summed E-state index contributed by atoms with van der Waals surface area (Å²) in [4.78, 5) is 9.64. The van der Waals surface area contributed by atoms with Crippen molar-refractivity contribution >= 4 is 68.2 Å². The molecule has 4 heterocycles. The second-order valence-electron chi connectivity index (χ2n) is 18.7. The van der Waals surface area contributed by atoms with Gasteiger partial charge in [0.1, 0.15) is 16.7 Å². The van der Waals surface area contributed by atoms with Crippen molar-refractivity contribution in [2.24, 2.45) is 0 Å². The van der Waals surface area contributed by atoms with Crippen molar-refractivity contribution in [2.45, 2.75) is 66.0 Å². The zero-order valence-electron chi connectivity index (χ0n) is 41.8. The van der Waals surface area contributed by atoms with Crippen LogP contribution in [-0.2, 0) is 20.1 Å². The maximum Gasteiger partial charge on any atom is 0.136 e. The van der Waals surface area contributed by atoms with Crippen LogP contribution in [0.25, 0.3) is 94.4 Å². The van der Waals surface area contributed by atoms with Crippen LogP contribution in [0.3, 0.4) is 0 Å². The minimum atomic E-state index is -2.39. The number of hydrogen-bond donors (Lipinski definition) is 0. The van der Waals surface area contributed by atoms with E-state index in [2.05, 4.69) is 105 Å². The summed E-state index contributed by atoms with van der Waals surface area (Å²) in [6.07, 6.45) is 1.93. The Hall–Kier alpha value is -6.95. The van der Waals surface area contributed by atoms with E-state index in [4.69, 9.17) is 17.9 Å². The Morgan fingerprint density at radius 3 is 2.10 bits per heavy atom. The third-order valence-corrected chi connectivity index (χ3v) is 14.5. The number of fused-ring (bicyclic) bond motifs is 7. The minimum Gasteiger partial charge on any atom is -0.501 e. The molecular formula is C59H49FIrN4O2Si-2. The summed E-state index contributed by atoms with van der Waals surface area (Å²) in [5.41, 5.74) is 12.1. The number of aromatic nitrogens is 3. The maximum absolute atomic E-state index is 12.8. The van der Waals surface area contributed by atoms with Crippen LogP contribution in [0.5, 0.6) is 0 Å². The topological polar surface area (TPSA) is 80.8 Å². The van der Waals surface area contributed by atoms with Crippen molar-refractivity contribution in [1.82, 2.24) is 14.5 Å². The Morgan fingerprint density at radius 2 is 1.46 bits per heavy atom. The van der Waals surface area contributed by atoms with Gasteiger partial charge in [-0.1, -0.05) is 113 Å². The number of benzene rings is 7. The Kier molecular flexibility index (Phi) is 11.4. The molecule has 6 nitrogen and oxygen atoms in total. The second-order valence-corrected chi connectivity index (χ2v) is 23.8. The van der Waals surface area contributed by atoms with E-state index in [1.807, 2.05) is 66.9 Å². The van der Waals surface area contributed by atoms with Crippen LogP contribution in [0, 0.1) is 36.1 Å². The van der Waals surface area contributed by atoms with Crippen molar-refractivity contribution in [1.29, 1.82) is 5.26 Å². The Balaban J connectivity index is 0.000000294. The quantitative estimate of drug-likeness (QED) is 0.117. The first-order valence-corrected chi connectivity index (χ1v) is 26.0. The van der Waals surface area contributed by atoms with Crippen molar-refractivity contribution in [2.75, 3.05) is 0 Å². The average Bonchev–Trinajstić information content (AvgIpc) is 4.03. The number of nitriles is 1. The number of pyridine rings is 1. The third kappa shape index (κ3) is 8.38. The predicted molar refractivity (Wildman–Crippen MR) is 274 cm³/mol. The molecule has 68 heavy (non-hydrogen) atoms. The number of hydrogen-bond acceptors (Lipinski definition) is 5. The molecule has 0 spiro atoms. The van der Waals surface area contributed by atoms with E-state index >= 15 is 0 Å². The smallest absolute Gasteiger partial charge is 0.136 e. The fourth-order valence-corrected chi connectivity index (χ4v) is 9.97. The van der Waals surface area contributed by atoms with Gasteiger partial charge in [-0.3, -0.25) is 9.37 Å². The molecule has 0 saturated carbocycles. The molecule has 0 saturated heterocycles. The number of furan rings is 2. The Morgan fingerprint density at radius 1 is 0.735 bits per heavy atom. The van der Waals surface area contributed by atoms with E-state index in [-0.39, 0.29) is 43.3 Å². The summed E-state index contributed by atoms with van der Waals surface area (Å²) in [6, 6.07) is 50.5. The van der Waals surface area contributed by atoms with Crippen molar-refractivity contribution in [3.05, 3.63) is 180 Å². The van der Waals surface area contributed by atoms with Gasteiger partial charge in [0.15, 0.2) is 0 Å². The van der Waals surface area contributed by atoms with Gasteiger partial charge in [0.25, 0.3) is 0 Å². The molecule has 4 aromatic heterocycles. The van der Waals surface area contributed by atoms with Crippen LogP contribution in [-0.4, -0.2) is 22.6 Å². The number of para-hydroxylation sites is 1. The van der Waals surface area contributed by atoms with Crippen LogP contribution in [0.1, 0.15) is 65.9 Å². The summed E-state index contributed by atoms with van der Waals surface area (Å²) in [6.45, 7) is 13.2. The van der Waals surface area contributed by atoms with Gasteiger partial charge in [-0.15, -0.1) is 48.0 Å². The average molecular weight is 1090 g/mol. The van der Waals surface area contributed by atoms with Crippen molar-refractivity contribution < 1.29 is 37.4 Å². The van der Waals surface area contributed by atoms with Gasteiger partial charge in [-0.2, -0.15) is 5.26 Å². The van der Waals surface area contributed by atoms with Gasteiger partial charge in [0.2, 0.25) is 0 Å². The zero-order chi connectivity index (χ0) is 49.2. The molecule has 339 valence electrons. The van der Waals surface area contributed by atoms with Gasteiger partial charge in [0, 0.05) is 58.1 Å². The van der Waals surface area contributed by atoms with Crippen molar-refractivity contribution in [3.8, 4) is 45.5 Å². The summed E-state index contributed by atoms with van der Waals surface area (Å²) in [5.74, 6) is 0.469. The minimum absolute atomic E-state index is 0. The molecule has 7 aromatic carbocycles. The number of imidazole rings is 1. The monoisotopic (exact) mass is 1090 g/mol. The molecule has 9 heteroatoms. The Bertz CT molecular complexity index is 3800. The van der Waals surface area contributed by atoms with Crippen LogP contribution in [0.15, 0.2) is 148 Å². The van der Waals surface area contributed by atoms with E-state index in [1.165, 1.54) is 17.3 Å². The number of aryl methyl sites for hydroxylation is 1. The van der Waals surface area contributed by atoms with Crippen LogP contribution in [0.2, 0.25) is 19.6 Å². The maximum atomic E-state index is 12.8. The molecule has 11 rings (SSSR count). The first kappa shape index (κ1) is 42.4. The van der Waals surface area contributed by atoms with Gasteiger partial charge < -0.3 is 18.4 Å². The number of nitrogens with zero attached hydrogens (tertiary/aromatic N) is 4. The standard InChI is InChI=1S/C45H34N3O2.C14H15FNSi.Ir/c1-25(2)34-20-30(29-12-7-6-8-13-29)21-35(26(3)4)43(34)48-42-27(5)11-9-16-38(42)47-45(48)33-15-10-14-32-37-23-40-36(22-41(37)50-44(32)33)31-18-17-28(24-46)19-39(31)49-40;1-17(2,3)13-8-9-14(16-10-13)11-4-6-12(15)7-5-11;/h6-14,16-23,25-26H,1-5H3;4,6-10H,1-3H3;/q2*-1;/i5D3;;. The molecule has 0 atom stereocenters. The van der Waals surface area contributed by atoms with E-state index < -0.39 is 14.9 Å². The molecular weight excluding hydrogens is 1040 g/mol. The first-order chi connectivity index (χ1) is 33.5. The predicted octanol–water partition coefficient (Wildman–Crippen LogP) is 15.6. The molecule has 0 aliphatic heterocycles.